The second-order valence-electron chi connectivity index (χ2n) is 4.48. The van der Waals surface area contributed by atoms with Gasteiger partial charge in [0.05, 0.1) is 11.6 Å². The summed E-state index contributed by atoms with van der Waals surface area (Å²) in [6.07, 6.45) is 0. The summed E-state index contributed by atoms with van der Waals surface area (Å²) in [6, 6.07) is 6.09. The predicted octanol–water partition coefficient (Wildman–Crippen LogP) is 3.33. The van der Waals surface area contributed by atoms with E-state index in [9.17, 15) is 5.11 Å². The fraction of sp³-hybridized carbons (Fsp3) is 0.500. The van der Waals surface area contributed by atoms with Gasteiger partial charge in [0.2, 0.25) is 0 Å². The Morgan fingerprint density at radius 3 is 2.47 bits per heavy atom. The van der Waals surface area contributed by atoms with E-state index in [4.69, 9.17) is 0 Å². The number of aryl methyl sites for hydroxylation is 1. The quantitative estimate of drug-likeness (QED) is 0.884. The first-order valence-electron chi connectivity index (χ1n) is 5.06. The van der Waals surface area contributed by atoms with Crippen LogP contribution in [0.3, 0.4) is 0 Å². The van der Waals surface area contributed by atoms with Crippen LogP contribution in [0.25, 0.3) is 0 Å². The second kappa shape index (κ2) is 4.54. The highest BCUT2D eigenvalue weighted by Crippen LogP contribution is 2.22. The summed E-state index contributed by atoms with van der Waals surface area (Å²) in [5.41, 5.74) is 1.50. The molecule has 1 unspecified atom stereocenters. The fourth-order valence-electron chi connectivity index (χ4n) is 1.11. The van der Waals surface area contributed by atoms with Gasteiger partial charge < -0.3 is 10.4 Å². The summed E-state index contributed by atoms with van der Waals surface area (Å²) in [7, 11) is 0. The summed E-state index contributed by atoms with van der Waals surface area (Å²) in [4.78, 5) is 0. The molecule has 0 amide bonds. The Kier molecular flexibility index (Phi) is 3.79. The van der Waals surface area contributed by atoms with Gasteiger partial charge in [-0.1, -0.05) is 22.0 Å². The van der Waals surface area contributed by atoms with Crippen molar-refractivity contribution in [1.29, 1.82) is 0 Å². The summed E-state index contributed by atoms with van der Waals surface area (Å²) in [5, 5.41) is 13.1. The van der Waals surface area contributed by atoms with Gasteiger partial charge >= 0.3 is 0 Å². The minimum Gasteiger partial charge on any atom is -0.388 e. The number of hydrogen-bond acceptors (Lipinski definition) is 2. The van der Waals surface area contributed by atoms with Crippen LogP contribution in [0.5, 0.6) is 0 Å². The molecule has 0 fully saturated rings. The van der Waals surface area contributed by atoms with E-state index in [-0.39, 0.29) is 6.04 Å². The fourth-order valence-corrected chi connectivity index (χ4v) is 1.49. The molecule has 0 aliphatic carbocycles. The molecule has 1 aromatic carbocycles. The standard InChI is InChI=1S/C12H18BrNO/c1-8-5-6-10(7-11(8)13)14-9(2)12(3,4)15/h5-7,9,14-15H,1-4H3. The minimum absolute atomic E-state index is 0.00658. The van der Waals surface area contributed by atoms with E-state index in [1.54, 1.807) is 13.8 Å². The smallest absolute Gasteiger partial charge is 0.0789 e. The lowest BCUT2D eigenvalue weighted by Gasteiger charge is -2.27. The lowest BCUT2D eigenvalue weighted by Crippen LogP contribution is -2.39. The molecule has 2 N–H and O–H groups in total. The van der Waals surface area contributed by atoms with Gasteiger partial charge in [-0.15, -0.1) is 0 Å². The average molecular weight is 272 g/mol. The third-order valence-electron chi connectivity index (χ3n) is 2.61. The average Bonchev–Trinajstić information content (AvgIpc) is 2.10. The van der Waals surface area contributed by atoms with Crippen LogP contribution in [-0.4, -0.2) is 16.7 Å². The molecule has 1 rings (SSSR count). The molecule has 0 saturated heterocycles. The van der Waals surface area contributed by atoms with Crippen LogP contribution in [0.1, 0.15) is 26.3 Å². The highest BCUT2D eigenvalue weighted by Gasteiger charge is 2.21. The predicted molar refractivity (Wildman–Crippen MR) is 68.3 cm³/mol. The number of benzene rings is 1. The molecule has 84 valence electrons. The largest absolute Gasteiger partial charge is 0.388 e. The molecule has 2 nitrogen and oxygen atoms in total. The molecule has 3 heteroatoms. The normalized spacial score (nSPS) is 13.7. The van der Waals surface area contributed by atoms with Crippen LogP contribution in [0.2, 0.25) is 0 Å². The molecular weight excluding hydrogens is 254 g/mol. The topological polar surface area (TPSA) is 32.3 Å². The van der Waals surface area contributed by atoms with Crippen LogP contribution in [0.4, 0.5) is 5.69 Å². The molecule has 0 aromatic heterocycles. The highest BCUT2D eigenvalue weighted by atomic mass is 79.9. The first kappa shape index (κ1) is 12.5. The monoisotopic (exact) mass is 271 g/mol. The second-order valence-corrected chi connectivity index (χ2v) is 5.34. The van der Waals surface area contributed by atoms with Crippen molar-refractivity contribution < 1.29 is 5.11 Å². The van der Waals surface area contributed by atoms with Crippen molar-refractivity contribution in [1.82, 2.24) is 0 Å². The van der Waals surface area contributed by atoms with E-state index in [1.165, 1.54) is 5.56 Å². The van der Waals surface area contributed by atoms with Crippen LogP contribution in [-0.2, 0) is 0 Å². The Labute approximate surface area is 99.8 Å². The van der Waals surface area contributed by atoms with Crippen LogP contribution in [0, 0.1) is 6.92 Å². The number of hydrogen-bond donors (Lipinski definition) is 2. The van der Waals surface area contributed by atoms with Crippen molar-refractivity contribution in [3.05, 3.63) is 28.2 Å². The van der Waals surface area contributed by atoms with Crippen LogP contribution < -0.4 is 5.32 Å². The maximum Gasteiger partial charge on any atom is 0.0789 e. The molecule has 0 heterocycles. The zero-order chi connectivity index (χ0) is 11.6. The Morgan fingerprint density at radius 2 is 2.00 bits per heavy atom. The number of nitrogens with one attached hydrogen (secondary N) is 1. The zero-order valence-electron chi connectivity index (χ0n) is 9.63. The first-order valence-corrected chi connectivity index (χ1v) is 5.85. The third kappa shape index (κ3) is 3.50. The molecule has 0 spiro atoms. The van der Waals surface area contributed by atoms with E-state index < -0.39 is 5.60 Å². The number of halogens is 1. The molecule has 0 aliphatic heterocycles. The molecule has 0 radical (unpaired) electrons. The van der Waals surface area contributed by atoms with Gasteiger partial charge in [0.15, 0.2) is 0 Å². The summed E-state index contributed by atoms with van der Waals surface area (Å²) in [6.45, 7) is 7.61. The lowest BCUT2D eigenvalue weighted by molar-refractivity contribution is 0.0649. The van der Waals surface area contributed by atoms with Crippen LogP contribution >= 0.6 is 15.9 Å². The zero-order valence-corrected chi connectivity index (χ0v) is 11.2. The van der Waals surface area contributed by atoms with Crippen molar-refractivity contribution >= 4 is 21.6 Å². The summed E-state index contributed by atoms with van der Waals surface area (Å²) >= 11 is 3.48. The Hall–Kier alpha value is -0.540. The van der Waals surface area contributed by atoms with Crippen LogP contribution in [0.15, 0.2) is 22.7 Å². The molecule has 1 atom stereocenters. The van der Waals surface area contributed by atoms with Crippen molar-refractivity contribution in [2.75, 3.05) is 5.32 Å². The number of rotatable bonds is 3. The van der Waals surface area contributed by atoms with Gasteiger partial charge in [-0.25, -0.2) is 0 Å². The Balaban J connectivity index is 2.78. The number of aliphatic hydroxyl groups is 1. The van der Waals surface area contributed by atoms with Gasteiger partial charge in [0.25, 0.3) is 0 Å². The minimum atomic E-state index is -0.725. The molecular formula is C12H18BrNO. The molecule has 0 saturated carbocycles. The van der Waals surface area contributed by atoms with Crippen molar-refractivity contribution in [2.45, 2.75) is 39.3 Å². The van der Waals surface area contributed by atoms with Gasteiger partial charge in [-0.2, -0.15) is 0 Å². The van der Waals surface area contributed by atoms with Crippen molar-refractivity contribution in [3.8, 4) is 0 Å². The Bertz CT molecular complexity index is 344. The van der Waals surface area contributed by atoms with E-state index >= 15 is 0 Å². The van der Waals surface area contributed by atoms with Gasteiger partial charge in [0, 0.05) is 10.2 Å². The molecule has 15 heavy (non-hydrogen) atoms. The summed E-state index contributed by atoms with van der Waals surface area (Å²) in [5.74, 6) is 0. The maximum atomic E-state index is 9.80. The first-order chi connectivity index (χ1) is 6.80. The van der Waals surface area contributed by atoms with E-state index in [2.05, 4.69) is 21.2 Å². The third-order valence-corrected chi connectivity index (χ3v) is 3.47. The van der Waals surface area contributed by atoms with Gasteiger partial charge in [0.1, 0.15) is 0 Å². The SMILES string of the molecule is Cc1ccc(NC(C)C(C)(C)O)cc1Br. The molecule has 0 bridgehead atoms. The molecule has 0 aliphatic rings. The van der Waals surface area contributed by atoms with E-state index in [0.717, 1.165) is 10.2 Å². The van der Waals surface area contributed by atoms with E-state index in [1.807, 2.05) is 32.0 Å². The lowest BCUT2D eigenvalue weighted by atomic mass is 10.0. The maximum absolute atomic E-state index is 9.80. The highest BCUT2D eigenvalue weighted by molar-refractivity contribution is 9.10. The molecule has 1 aromatic rings. The van der Waals surface area contributed by atoms with Crippen molar-refractivity contribution in [3.63, 3.8) is 0 Å². The Morgan fingerprint density at radius 1 is 1.40 bits per heavy atom. The van der Waals surface area contributed by atoms with Gasteiger partial charge in [-0.3, -0.25) is 0 Å². The number of anilines is 1. The van der Waals surface area contributed by atoms with Gasteiger partial charge in [-0.05, 0) is 45.4 Å². The summed E-state index contributed by atoms with van der Waals surface area (Å²) < 4.78 is 1.08. The van der Waals surface area contributed by atoms with Crippen molar-refractivity contribution in [2.24, 2.45) is 0 Å². The van der Waals surface area contributed by atoms with E-state index in [0.29, 0.717) is 0 Å².